The van der Waals surface area contributed by atoms with Gasteiger partial charge in [-0.05, 0) is 58.7 Å². The summed E-state index contributed by atoms with van der Waals surface area (Å²) in [5.74, 6) is 0. The molecule has 3 nitrogen and oxygen atoms in total. The number of benzene rings is 2. The lowest BCUT2D eigenvalue weighted by Gasteiger charge is -2.11. The van der Waals surface area contributed by atoms with Gasteiger partial charge >= 0.3 is 0 Å². The molecule has 0 unspecified atom stereocenters. The van der Waals surface area contributed by atoms with Crippen molar-refractivity contribution in [2.45, 2.75) is 11.8 Å². The molecule has 0 aliphatic carbocycles. The van der Waals surface area contributed by atoms with Gasteiger partial charge in [0.25, 0.3) is 10.0 Å². The zero-order valence-corrected chi connectivity index (χ0v) is 15.1. The molecule has 7 heteroatoms. The Kier molecular flexibility index (Phi) is 4.79. The first-order chi connectivity index (χ1) is 9.29. The minimum Gasteiger partial charge on any atom is -0.278 e. The van der Waals surface area contributed by atoms with Crippen molar-refractivity contribution in [3.8, 4) is 0 Å². The first-order valence-electron chi connectivity index (χ1n) is 5.53. The van der Waals surface area contributed by atoms with E-state index in [1.54, 1.807) is 24.3 Å². The van der Waals surface area contributed by atoms with Gasteiger partial charge in [-0.1, -0.05) is 33.6 Å². The molecule has 0 atom stereocenters. The van der Waals surface area contributed by atoms with Crippen LogP contribution in [0.15, 0.2) is 50.2 Å². The molecule has 0 aliphatic rings. The van der Waals surface area contributed by atoms with Gasteiger partial charge in [0.05, 0.1) is 10.6 Å². The summed E-state index contributed by atoms with van der Waals surface area (Å²) in [6, 6.07) is 9.83. The third kappa shape index (κ3) is 3.55. The zero-order chi connectivity index (χ0) is 14.9. The normalized spacial score (nSPS) is 11.4. The maximum Gasteiger partial charge on any atom is 0.261 e. The number of rotatable bonds is 3. The second-order valence-electron chi connectivity index (χ2n) is 4.14. The minimum absolute atomic E-state index is 0.176. The second kappa shape index (κ2) is 6.05. The summed E-state index contributed by atoms with van der Waals surface area (Å²) >= 11 is 12.6. The van der Waals surface area contributed by atoms with Gasteiger partial charge in [0.1, 0.15) is 0 Å². The molecule has 2 aromatic carbocycles. The second-order valence-corrected chi connectivity index (χ2v) is 8.00. The monoisotopic (exact) mass is 437 g/mol. The molecule has 0 aromatic heterocycles. The molecule has 20 heavy (non-hydrogen) atoms. The number of sulfonamides is 1. The number of anilines is 1. The molecule has 1 N–H and O–H groups in total. The summed E-state index contributed by atoms with van der Waals surface area (Å²) in [6.45, 7) is 1.85. The SMILES string of the molecule is Cc1cc(Br)c(NS(=O)(=O)c2cccc(Br)c2)cc1Cl. The lowest BCUT2D eigenvalue weighted by Crippen LogP contribution is -2.13. The van der Waals surface area contributed by atoms with E-state index >= 15 is 0 Å². The Morgan fingerprint density at radius 2 is 1.85 bits per heavy atom. The Balaban J connectivity index is 2.41. The van der Waals surface area contributed by atoms with E-state index in [1.165, 1.54) is 12.1 Å². The van der Waals surface area contributed by atoms with Crippen LogP contribution in [0.1, 0.15) is 5.56 Å². The summed E-state index contributed by atoms with van der Waals surface area (Å²) in [4.78, 5) is 0.176. The zero-order valence-electron chi connectivity index (χ0n) is 10.3. The molecule has 2 rings (SSSR count). The molecule has 0 heterocycles. The molecule has 0 spiro atoms. The van der Waals surface area contributed by atoms with E-state index in [9.17, 15) is 8.42 Å². The van der Waals surface area contributed by atoms with E-state index in [2.05, 4.69) is 36.6 Å². The van der Waals surface area contributed by atoms with Crippen LogP contribution in [-0.2, 0) is 10.0 Å². The first-order valence-corrected chi connectivity index (χ1v) is 8.98. The van der Waals surface area contributed by atoms with Crippen molar-refractivity contribution in [3.05, 3.63) is 55.9 Å². The van der Waals surface area contributed by atoms with Crippen molar-refractivity contribution in [3.63, 3.8) is 0 Å². The highest BCUT2D eigenvalue weighted by Gasteiger charge is 2.16. The Labute approximate surface area is 139 Å². The van der Waals surface area contributed by atoms with E-state index in [4.69, 9.17) is 11.6 Å². The molecule has 0 fully saturated rings. The Bertz CT molecular complexity index is 763. The standard InChI is InChI=1S/C13H10Br2ClNO2S/c1-8-5-11(15)13(7-12(8)16)17-20(18,19)10-4-2-3-9(14)6-10/h2-7,17H,1H3. The van der Waals surface area contributed by atoms with Gasteiger partial charge in [-0.25, -0.2) is 8.42 Å². The van der Waals surface area contributed by atoms with Gasteiger partial charge in [0.15, 0.2) is 0 Å². The smallest absolute Gasteiger partial charge is 0.261 e. The lowest BCUT2D eigenvalue weighted by atomic mass is 10.2. The lowest BCUT2D eigenvalue weighted by molar-refractivity contribution is 0.601. The maximum atomic E-state index is 12.3. The highest BCUT2D eigenvalue weighted by Crippen LogP contribution is 2.31. The summed E-state index contributed by atoms with van der Waals surface area (Å²) in [6.07, 6.45) is 0. The van der Waals surface area contributed by atoms with Crippen LogP contribution in [0.2, 0.25) is 5.02 Å². The van der Waals surface area contributed by atoms with Gasteiger partial charge in [-0.15, -0.1) is 0 Å². The van der Waals surface area contributed by atoms with Crippen molar-refractivity contribution in [1.82, 2.24) is 0 Å². The highest BCUT2D eigenvalue weighted by atomic mass is 79.9. The van der Waals surface area contributed by atoms with E-state index in [1.807, 2.05) is 6.92 Å². The van der Waals surface area contributed by atoms with Gasteiger partial charge in [0.2, 0.25) is 0 Å². The van der Waals surface area contributed by atoms with E-state index < -0.39 is 10.0 Å². The molecule has 0 radical (unpaired) electrons. The predicted molar refractivity (Wildman–Crippen MR) is 88.8 cm³/mol. The summed E-state index contributed by atoms with van der Waals surface area (Å²) in [7, 11) is -3.66. The minimum atomic E-state index is -3.66. The summed E-state index contributed by atoms with van der Waals surface area (Å²) in [5.41, 5.74) is 1.27. The van der Waals surface area contributed by atoms with Crippen LogP contribution < -0.4 is 4.72 Å². The molecule has 0 amide bonds. The van der Waals surface area contributed by atoms with Crippen molar-refractivity contribution in [2.75, 3.05) is 4.72 Å². The van der Waals surface area contributed by atoms with Gasteiger partial charge < -0.3 is 0 Å². The Hall–Kier alpha value is -0.560. The Morgan fingerprint density at radius 3 is 2.50 bits per heavy atom. The van der Waals surface area contributed by atoms with Gasteiger partial charge in [-0.2, -0.15) is 0 Å². The van der Waals surface area contributed by atoms with Crippen LogP contribution in [0.25, 0.3) is 0 Å². The predicted octanol–water partition coefficient (Wildman–Crippen LogP) is 4.97. The molecule has 2 aromatic rings. The number of nitrogens with one attached hydrogen (secondary N) is 1. The number of halogens is 3. The Morgan fingerprint density at radius 1 is 1.15 bits per heavy atom. The van der Waals surface area contributed by atoms with Crippen LogP contribution >= 0.6 is 43.5 Å². The van der Waals surface area contributed by atoms with Crippen LogP contribution in [0.4, 0.5) is 5.69 Å². The highest BCUT2D eigenvalue weighted by molar-refractivity contribution is 9.10. The molecule has 106 valence electrons. The molecule has 0 bridgehead atoms. The molecular weight excluding hydrogens is 429 g/mol. The number of hydrogen-bond donors (Lipinski definition) is 1. The van der Waals surface area contributed by atoms with Crippen molar-refractivity contribution >= 4 is 59.2 Å². The van der Waals surface area contributed by atoms with Crippen LogP contribution in [0.3, 0.4) is 0 Å². The molecular formula is C13H10Br2ClNO2S. The van der Waals surface area contributed by atoms with Crippen LogP contribution in [-0.4, -0.2) is 8.42 Å². The van der Waals surface area contributed by atoms with Crippen LogP contribution in [0, 0.1) is 6.92 Å². The average molecular weight is 440 g/mol. The molecule has 0 saturated carbocycles. The fourth-order valence-corrected chi connectivity index (χ4v) is 4.08. The van der Waals surface area contributed by atoms with E-state index in [-0.39, 0.29) is 4.90 Å². The maximum absolute atomic E-state index is 12.3. The number of hydrogen-bond acceptors (Lipinski definition) is 2. The van der Waals surface area contributed by atoms with Gasteiger partial charge in [0, 0.05) is 14.0 Å². The number of aryl methyl sites for hydroxylation is 1. The van der Waals surface area contributed by atoms with Crippen molar-refractivity contribution in [2.24, 2.45) is 0 Å². The quantitative estimate of drug-likeness (QED) is 0.734. The van der Waals surface area contributed by atoms with Crippen molar-refractivity contribution in [1.29, 1.82) is 0 Å². The first kappa shape index (κ1) is 15.8. The van der Waals surface area contributed by atoms with E-state index in [0.29, 0.717) is 19.7 Å². The molecule has 0 saturated heterocycles. The van der Waals surface area contributed by atoms with Gasteiger partial charge in [-0.3, -0.25) is 4.72 Å². The fraction of sp³-hybridized carbons (Fsp3) is 0.0769. The topological polar surface area (TPSA) is 46.2 Å². The summed E-state index contributed by atoms with van der Waals surface area (Å²) in [5, 5.41) is 0.500. The van der Waals surface area contributed by atoms with Crippen LogP contribution in [0.5, 0.6) is 0 Å². The largest absolute Gasteiger partial charge is 0.278 e. The third-order valence-corrected chi connectivity index (χ3v) is 5.52. The van der Waals surface area contributed by atoms with E-state index in [0.717, 1.165) is 5.56 Å². The third-order valence-electron chi connectivity index (χ3n) is 2.60. The van der Waals surface area contributed by atoms with Crippen molar-refractivity contribution < 1.29 is 8.42 Å². The average Bonchev–Trinajstić information content (AvgIpc) is 2.36. The molecule has 0 aliphatic heterocycles. The summed E-state index contributed by atoms with van der Waals surface area (Å²) < 4.78 is 28.5. The fourth-order valence-electron chi connectivity index (χ4n) is 1.56.